The standard InChI is InChI=1S/C17H11Cl2NO3/c1-23-11-4-2-9(3-5-11)15-8-13(17(21)22)12-6-10(18)7-14(19)16(12)20-15/h2-8H,1H3,(H,21,22). The Bertz CT molecular complexity index is 908. The van der Waals surface area contributed by atoms with Crippen molar-refractivity contribution in [3.63, 3.8) is 0 Å². The minimum Gasteiger partial charge on any atom is -0.497 e. The molecule has 0 saturated heterocycles. The molecule has 0 spiro atoms. The van der Waals surface area contributed by atoms with Gasteiger partial charge in [0.25, 0.3) is 0 Å². The maximum Gasteiger partial charge on any atom is 0.336 e. The van der Waals surface area contributed by atoms with Crippen LogP contribution >= 0.6 is 23.2 Å². The molecule has 0 bridgehead atoms. The number of carbonyl (C=O) groups is 1. The van der Waals surface area contributed by atoms with Crippen molar-refractivity contribution in [1.29, 1.82) is 0 Å². The largest absolute Gasteiger partial charge is 0.497 e. The van der Waals surface area contributed by atoms with Gasteiger partial charge in [-0.15, -0.1) is 0 Å². The van der Waals surface area contributed by atoms with Crippen molar-refractivity contribution in [3.8, 4) is 17.0 Å². The molecule has 0 aliphatic rings. The van der Waals surface area contributed by atoms with Crippen molar-refractivity contribution >= 4 is 40.1 Å². The normalized spacial score (nSPS) is 10.7. The molecular weight excluding hydrogens is 337 g/mol. The van der Waals surface area contributed by atoms with E-state index in [2.05, 4.69) is 4.98 Å². The van der Waals surface area contributed by atoms with Gasteiger partial charge in [-0.05, 0) is 42.5 Å². The Morgan fingerprint density at radius 3 is 2.43 bits per heavy atom. The van der Waals surface area contributed by atoms with Crippen LogP contribution in [0.2, 0.25) is 10.0 Å². The number of nitrogens with zero attached hydrogens (tertiary/aromatic N) is 1. The van der Waals surface area contributed by atoms with E-state index in [0.717, 1.165) is 5.56 Å². The van der Waals surface area contributed by atoms with E-state index in [1.807, 2.05) is 12.1 Å². The molecule has 2 aromatic carbocycles. The summed E-state index contributed by atoms with van der Waals surface area (Å²) in [6, 6.07) is 11.8. The van der Waals surface area contributed by atoms with E-state index in [4.69, 9.17) is 27.9 Å². The molecule has 0 aliphatic carbocycles. The molecule has 0 amide bonds. The van der Waals surface area contributed by atoms with Crippen molar-refractivity contribution < 1.29 is 14.6 Å². The number of methoxy groups -OCH3 is 1. The maximum absolute atomic E-state index is 11.6. The molecule has 1 aromatic heterocycles. The number of halogens is 2. The van der Waals surface area contributed by atoms with Gasteiger partial charge in [-0.3, -0.25) is 0 Å². The highest BCUT2D eigenvalue weighted by Crippen LogP contribution is 2.32. The summed E-state index contributed by atoms with van der Waals surface area (Å²) in [5, 5.41) is 10.6. The number of fused-ring (bicyclic) bond motifs is 1. The van der Waals surface area contributed by atoms with Crippen LogP contribution in [0.4, 0.5) is 0 Å². The van der Waals surface area contributed by atoms with Crippen LogP contribution in [-0.4, -0.2) is 23.2 Å². The maximum atomic E-state index is 11.6. The number of hydrogen-bond donors (Lipinski definition) is 1. The smallest absolute Gasteiger partial charge is 0.336 e. The number of carboxylic acid groups (broad SMARTS) is 1. The minimum absolute atomic E-state index is 0.102. The van der Waals surface area contributed by atoms with Crippen LogP contribution in [0.5, 0.6) is 5.75 Å². The van der Waals surface area contributed by atoms with Gasteiger partial charge in [0.15, 0.2) is 0 Å². The fourth-order valence-corrected chi connectivity index (χ4v) is 2.87. The van der Waals surface area contributed by atoms with Gasteiger partial charge < -0.3 is 9.84 Å². The number of aromatic nitrogens is 1. The van der Waals surface area contributed by atoms with Gasteiger partial charge in [0, 0.05) is 16.0 Å². The van der Waals surface area contributed by atoms with Crippen LogP contribution in [0, 0.1) is 0 Å². The second kappa shape index (κ2) is 6.07. The molecule has 4 nitrogen and oxygen atoms in total. The van der Waals surface area contributed by atoms with E-state index in [0.29, 0.717) is 32.4 Å². The highest BCUT2D eigenvalue weighted by molar-refractivity contribution is 6.38. The van der Waals surface area contributed by atoms with E-state index >= 15 is 0 Å². The molecule has 0 atom stereocenters. The molecule has 0 fully saturated rings. The zero-order valence-electron chi connectivity index (χ0n) is 12.0. The molecule has 23 heavy (non-hydrogen) atoms. The third-order valence-corrected chi connectivity index (χ3v) is 3.95. The summed E-state index contributed by atoms with van der Waals surface area (Å²) >= 11 is 12.2. The number of hydrogen-bond acceptors (Lipinski definition) is 3. The third-order valence-electron chi connectivity index (χ3n) is 3.45. The number of rotatable bonds is 3. The van der Waals surface area contributed by atoms with Gasteiger partial charge in [-0.25, -0.2) is 9.78 Å². The van der Waals surface area contributed by atoms with Crippen molar-refractivity contribution in [2.75, 3.05) is 7.11 Å². The van der Waals surface area contributed by atoms with Crippen molar-refractivity contribution in [2.24, 2.45) is 0 Å². The molecular formula is C17H11Cl2NO3. The van der Waals surface area contributed by atoms with Crippen molar-refractivity contribution in [1.82, 2.24) is 4.98 Å². The Kier molecular flexibility index (Phi) is 4.11. The first kappa shape index (κ1) is 15.6. The first-order chi connectivity index (χ1) is 11.0. The van der Waals surface area contributed by atoms with Crippen molar-refractivity contribution in [3.05, 3.63) is 58.1 Å². The number of ether oxygens (including phenoxy) is 1. The summed E-state index contributed by atoms with van der Waals surface area (Å²) in [5.74, 6) is -0.358. The van der Waals surface area contributed by atoms with E-state index < -0.39 is 5.97 Å². The van der Waals surface area contributed by atoms with Gasteiger partial charge in [-0.2, -0.15) is 0 Å². The quantitative estimate of drug-likeness (QED) is 0.730. The van der Waals surface area contributed by atoms with Crippen molar-refractivity contribution in [2.45, 2.75) is 0 Å². The van der Waals surface area contributed by atoms with Crippen LogP contribution in [0.3, 0.4) is 0 Å². The summed E-state index contributed by atoms with van der Waals surface area (Å²) in [5.41, 5.74) is 1.79. The minimum atomic E-state index is -1.06. The molecule has 3 aromatic rings. The lowest BCUT2D eigenvalue weighted by atomic mass is 10.0. The Morgan fingerprint density at radius 2 is 1.83 bits per heavy atom. The molecule has 3 rings (SSSR count). The second-order valence-corrected chi connectivity index (χ2v) is 5.72. The Balaban J connectivity index is 2.27. The molecule has 0 aliphatic heterocycles. The number of pyridine rings is 1. The number of carboxylic acids is 1. The Hall–Kier alpha value is -2.30. The van der Waals surface area contributed by atoms with Gasteiger partial charge in [0.05, 0.1) is 28.9 Å². The van der Waals surface area contributed by atoms with Gasteiger partial charge in [-0.1, -0.05) is 23.2 Å². The van der Waals surface area contributed by atoms with E-state index in [9.17, 15) is 9.90 Å². The first-order valence-corrected chi connectivity index (χ1v) is 7.42. The molecule has 116 valence electrons. The van der Waals surface area contributed by atoms with E-state index in [-0.39, 0.29) is 5.56 Å². The highest BCUT2D eigenvalue weighted by atomic mass is 35.5. The predicted octanol–water partition coefficient (Wildman–Crippen LogP) is 4.92. The molecule has 0 radical (unpaired) electrons. The number of aromatic carboxylic acids is 1. The first-order valence-electron chi connectivity index (χ1n) is 6.67. The monoisotopic (exact) mass is 347 g/mol. The summed E-state index contributed by atoms with van der Waals surface area (Å²) in [7, 11) is 1.58. The zero-order valence-corrected chi connectivity index (χ0v) is 13.5. The third kappa shape index (κ3) is 2.96. The molecule has 6 heteroatoms. The van der Waals surface area contributed by atoms with Gasteiger partial charge in [0.1, 0.15) is 5.75 Å². The second-order valence-electron chi connectivity index (χ2n) is 4.87. The van der Waals surface area contributed by atoms with Crippen LogP contribution in [0.15, 0.2) is 42.5 Å². The summed E-state index contributed by atoms with van der Waals surface area (Å²) in [4.78, 5) is 16.1. The van der Waals surface area contributed by atoms with Gasteiger partial charge in [0.2, 0.25) is 0 Å². The molecule has 1 N–H and O–H groups in total. The van der Waals surface area contributed by atoms with Gasteiger partial charge >= 0.3 is 5.97 Å². The van der Waals surface area contributed by atoms with Crippen LogP contribution < -0.4 is 4.74 Å². The fourth-order valence-electron chi connectivity index (χ4n) is 2.34. The van der Waals surface area contributed by atoms with Crippen LogP contribution in [-0.2, 0) is 0 Å². The lowest BCUT2D eigenvalue weighted by molar-refractivity contribution is 0.0699. The Labute approximate surface area is 142 Å². The van der Waals surface area contributed by atoms with E-state index in [1.54, 1.807) is 31.4 Å². The average molecular weight is 348 g/mol. The van der Waals surface area contributed by atoms with Crippen LogP contribution in [0.25, 0.3) is 22.2 Å². The molecule has 0 saturated carbocycles. The topological polar surface area (TPSA) is 59.4 Å². The van der Waals surface area contributed by atoms with Crippen LogP contribution in [0.1, 0.15) is 10.4 Å². The number of benzene rings is 2. The summed E-state index contributed by atoms with van der Waals surface area (Å²) in [6.07, 6.45) is 0. The lowest BCUT2D eigenvalue weighted by Gasteiger charge is -2.09. The highest BCUT2D eigenvalue weighted by Gasteiger charge is 2.15. The Morgan fingerprint density at radius 1 is 1.13 bits per heavy atom. The zero-order chi connectivity index (χ0) is 16.6. The molecule has 0 unspecified atom stereocenters. The lowest BCUT2D eigenvalue weighted by Crippen LogP contribution is -2.00. The SMILES string of the molecule is COc1ccc(-c2cc(C(=O)O)c3cc(Cl)cc(Cl)c3n2)cc1. The predicted molar refractivity (Wildman–Crippen MR) is 90.7 cm³/mol. The molecule has 1 heterocycles. The van der Waals surface area contributed by atoms with E-state index in [1.165, 1.54) is 6.07 Å². The summed E-state index contributed by atoms with van der Waals surface area (Å²) in [6.45, 7) is 0. The fraction of sp³-hybridized carbons (Fsp3) is 0.0588. The summed E-state index contributed by atoms with van der Waals surface area (Å²) < 4.78 is 5.12. The average Bonchev–Trinajstić information content (AvgIpc) is 2.54.